The summed E-state index contributed by atoms with van der Waals surface area (Å²) in [5.74, 6) is 0. The molecule has 0 aliphatic carbocycles. The minimum Gasteiger partial charge on any atom is -0.100 e. The average molecular weight is 272 g/mol. The van der Waals surface area contributed by atoms with Crippen molar-refractivity contribution < 1.29 is 0 Å². The van der Waals surface area contributed by atoms with E-state index in [9.17, 15) is 0 Å². The monoisotopic (exact) mass is 272 g/mol. The Morgan fingerprint density at radius 3 is 1.20 bits per heavy atom. The highest BCUT2D eigenvalue weighted by Crippen LogP contribution is 2.04. The van der Waals surface area contributed by atoms with Crippen LogP contribution in [0.5, 0.6) is 0 Å². The summed E-state index contributed by atoms with van der Waals surface area (Å²) in [6.45, 7) is 23.2. The van der Waals surface area contributed by atoms with Gasteiger partial charge in [-0.05, 0) is 53.4 Å². The topological polar surface area (TPSA) is 0 Å². The van der Waals surface area contributed by atoms with Crippen LogP contribution in [0.4, 0.5) is 0 Å². The molecular formula is C20H32. The predicted octanol–water partition coefficient (Wildman–Crippen LogP) is 6.95. The molecule has 0 radical (unpaired) electrons. The fourth-order valence-electron chi connectivity index (χ4n) is 1.26. The molecule has 0 unspecified atom stereocenters. The zero-order chi connectivity index (χ0) is 16.0. The van der Waals surface area contributed by atoms with Crippen LogP contribution in [-0.4, -0.2) is 0 Å². The molecule has 0 aromatic heterocycles. The molecule has 112 valence electrons. The Morgan fingerprint density at radius 2 is 1.00 bits per heavy atom. The molecule has 0 aromatic carbocycles. The van der Waals surface area contributed by atoms with Crippen molar-refractivity contribution in [1.82, 2.24) is 0 Å². The second-order valence-corrected chi connectivity index (χ2v) is 5.30. The first kappa shape index (κ1) is 20.8. The van der Waals surface area contributed by atoms with Crippen LogP contribution in [-0.2, 0) is 0 Å². The second kappa shape index (κ2) is 13.9. The molecule has 0 fully saturated rings. The van der Waals surface area contributed by atoms with Gasteiger partial charge in [-0.3, -0.25) is 0 Å². The van der Waals surface area contributed by atoms with Crippen LogP contribution >= 0.6 is 0 Å². The van der Waals surface area contributed by atoms with Gasteiger partial charge in [0, 0.05) is 0 Å². The van der Waals surface area contributed by atoms with Crippen molar-refractivity contribution in [2.75, 3.05) is 0 Å². The Balaban J connectivity index is 0. The molecule has 0 aliphatic heterocycles. The van der Waals surface area contributed by atoms with Crippen molar-refractivity contribution >= 4 is 0 Å². The van der Waals surface area contributed by atoms with Crippen LogP contribution in [0.15, 0.2) is 72.9 Å². The van der Waals surface area contributed by atoms with Gasteiger partial charge in [0.05, 0.1) is 0 Å². The molecular weight excluding hydrogens is 240 g/mol. The lowest BCUT2D eigenvalue weighted by atomic mass is 10.1. The summed E-state index contributed by atoms with van der Waals surface area (Å²) in [6, 6.07) is 0. The maximum atomic E-state index is 3.82. The van der Waals surface area contributed by atoms with Gasteiger partial charge in [-0.2, -0.15) is 0 Å². The van der Waals surface area contributed by atoms with E-state index in [0.717, 1.165) is 25.7 Å². The average Bonchev–Trinajstić information content (AvgIpc) is 2.38. The molecule has 0 aliphatic rings. The SMILES string of the molecule is C=C/C(C)=C/CCC(=C)C.C=CC(C)=CCCC(=C)C. The highest BCUT2D eigenvalue weighted by Gasteiger charge is 1.84. The van der Waals surface area contributed by atoms with Crippen LogP contribution in [0.3, 0.4) is 0 Å². The van der Waals surface area contributed by atoms with Crippen molar-refractivity contribution in [1.29, 1.82) is 0 Å². The van der Waals surface area contributed by atoms with E-state index >= 15 is 0 Å². The van der Waals surface area contributed by atoms with E-state index in [0.29, 0.717) is 0 Å². The maximum Gasteiger partial charge on any atom is -0.0291 e. The lowest BCUT2D eigenvalue weighted by Gasteiger charge is -1.93. The van der Waals surface area contributed by atoms with Gasteiger partial charge in [-0.1, -0.05) is 59.8 Å². The van der Waals surface area contributed by atoms with Crippen LogP contribution in [0.25, 0.3) is 0 Å². The molecule has 0 heterocycles. The van der Waals surface area contributed by atoms with E-state index in [1.54, 1.807) is 0 Å². The number of allylic oxidation sites excluding steroid dienone is 8. The third-order valence-electron chi connectivity index (χ3n) is 2.72. The standard InChI is InChI=1S/2C10H16/c2*1-5-10(4)8-6-7-9(2)3/h2*5,8H,1-2,6-7H2,3-4H3/b10-8+;. The molecule has 0 N–H and O–H groups in total. The van der Waals surface area contributed by atoms with Crippen molar-refractivity contribution in [2.24, 2.45) is 0 Å². The molecule has 0 bridgehead atoms. The van der Waals surface area contributed by atoms with Crippen molar-refractivity contribution in [2.45, 2.75) is 53.4 Å². The van der Waals surface area contributed by atoms with Crippen LogP contribution < -0.4 is 0 Å². The predicted molar refractivity (Wildman–Crippen MR) is 96.0 cm³/mol. The first-order valence-corrected chi connectivity index (χ1v) is 7.20. The third-order valence-corrected chi connectivity index (χ3v) is 2.72. The fourth-order valence-corrected chi connectivity index (χ4v) is 1.26. The highest BCUT2D eigenvalue weighted by atomic mass is 13.9. The fraction of sp³-hybridized carbons (Fsp3) is 0.400. The van der Waals surface area contributed by atoms with Gasteiger partial charge in [-0.25, -0.2) is 0 Å². The minimum absolute atomic E-state index is 1.09. The Morgan fingerprint density at radius 1 is 0.700 bits per heavy atom. The van der Waals surface area contributed by atoms with Crippen molar-refractivity contribution in [3.05, 3.63) is 72.9 Å². The minimum atomic E-state index is 1.09. The van der Waals surface area contributed by atoms with Crippen molar-refractivity contribution in [3.63, 3.8) is 0 Å². The van der Waals surface area contributed by atoms with Gasteiger partial charge in [0.1, 0.15) is 0 Å². The van der Waals surface area contributed by atoms with Gasteiger partial charge in [-0.15, -0.1) is 13.2 Å². The first-order chi connectivity index (χ1) is 9.33. The molecule has 0 aromatic rings. The Bertz CT molecular complexity index is 337. The summed E-state index contributed by atoms with van der Waals surface area (Å²) >= 11 is 0. The summed E-state index contributed by atoms with van der Waals surface area (Å²) in [4.78, 5) is 0. The molecule has 0 saturated carbocycles. The summed E-state index contributed by atoms with van der Waals surface area (Å²) in [6.07, 6.45) is 12.5. The van der Waals surface area contributed by atoms with Gasteiger partial charge in [0.25, 0.3) is 0 Å². The summed E-state index contributed by atoms with van der Waals surface area (Å²) in [5, 5.41) is 0. The molecule has 0 amide bonds. The molecule has 0 atom stereocenters. The smallest absolute Gasteiger partial charge is 0.0291 e. The zero-order valence-electron chi connectivity index (χ0n) is 14.0. The van der Waals surface area contributed by atoms with Gasteiger partial charge in [0.15, 0.2) is 0 Å². The van der Waals surface area contributed by atoms with E-state index in [1.165, 1.54) is 22.3 Å². The second-order valence-electron chi connectivity index (χ2n) is 5.30. The van der Waals surface area contributed by atoms with E-state index in [2.05, 4.69) is 66.2 Å². The maximum absolute atomic E-state index is 3.82. The molecule has 0 nitrogen and oxygen atoms in total. The summed E-state index contributed by atoms with van der Waals surface area (Å²) in [7, 11) is 0. The molecule has 0 spiro atoms. The number of rotatable bonds is 8. The number of hydrogen-bond donors (Lipinski definition) is 0. The molecule has 0 heteroatoms. The van der Waals surface area contributed by atoms with Crippen LogP contribution in [0.2, 0.25) is 0 Å². The summed E-state index contributed by atoms with van der Waals surface area (Å²) < 4.78 is 0. The van der Waals surface area contributed by atoms with E-state index in [-0.39, 0.29) is 0 Å². The molecule has 0 rings (SSSR count). The highest BCUT2D eigenvalue weighted by molar-refractivity contribution is 5.13. The zero-order valence-corrected chi connectivity index (χ0v) is 14.0. The largest absolute Gasteiger partial charge is 0.100 e. The summed E-state index contributed by atoms with van der Waals surface area (Å²) in [5.41, 5.74) is 4.99. The van der Waals surface area contributed by atoms with E-state index < -0.39 is 0 Å². The molecule has 0 saturated heterocycles. The van der Waals surface area contributed by atoms with Gasteiger partial charge >= 0.3 is 0 Å². The first-order valence-electron chi connectivity index (χ1n) is 7.20. The third kappa shape index (κ3) is 18.8. The van der Waals surface area contributed by atoms with E-state index in [1.807, 2.05) is 12.2 Å². The van der Waals surface area contributed by atoms with E-state index in [4.69, 9.17) is 0 Å². The lowest BCUT2D eigenvalue weighted by molar-refractivity contribution is 0.977. The lowest BCUT2D eigenvalue weighted by Crippen LogP contribution is -1.73. The van der Waals surface area contributed by atoms with Gasteiger partial charge in [0.2, 0.25) is 0 Å². The van der Waals surface area contributed by atoms with Crippen LogP contribution in [0, 0.1) is 0 Å². The van der Waals surface area contributed by atoms with Gasteiger partial charge < -0.3 is 0 Å². The normalized spacial score (nSPS) is 11.2. The number of hydrogen-bond acceptors (Lipinski definition) is 0. The Labute approximate surface area is 127 Å². The quantitative estimate of drug-likeness (QED) is 0.331. The van der Waals surface area contributed by atoms with Crippen LogP contribution in [0.1, 0.15) is 53.4 Å². The Kier molecular flexibility index (Phi) is 14.4. The van der Waals surface area contributed by atoms with Crippen molar-refractivity contribution in [3.8, 4) is 0 Å². The molecule has 20 heavy (non-hydrogen) atoms. The Hall–Kier alpha value is -1.56.